The number of hydrogen-bond acceptors (Lipinski definition) is 2. The standard InChI is InChI=1S/C7H8N2OS/c10-7-6(11)8-3-4-9(7)5-1-2-5/h3-5H,1-2H2,(H,8,11). The Morgan fingerprint density at radius 2 is 2.36 bits per heavy atom. The number of aromatic nitrogens is 2. The van der Waals surface area contributed by atoms with E-state index in [9.17, 15) is 4.79 Å². The molecule has 58 valence electrons. The Balaban J connectivity index is 2.63. The van der Waals surface area contributed by atoms with Crippen molar-refractivity contribution in [3.63, 3.8) is 0 Å². The molecule has 1 aliphatic carbocycles. The van der Waals surface area contributed by atoms with E-state index in [0.29, 0.717) is 10.7 Å². The first-order valence-corrected chi connectivity index (χ1v) is 4.00. The van der Waals surface area contributed by atoms with Gasteiger partial charge < -0.3 is 9.55 Å². The Hall–Kier alpha value is -0.900. The van der Waals surface area contributed by atoms with Crippen molar-refractivity contribution in [3.8, 4) is 0 Å². The minimum atomic E-state index is -0.0648. The van der Waals surface area contributed by atoms with Crippen molar-refractivity contribution in [2.75, 3.05) is 0 Å². The summed E-state index contributed by atoms with van der Waals surface area (Å²) in [6, 6.07) is 0.416. The van der Waals surface area contributed by atoms with Gasteiger partial charge in [-0.25, -0.2) is 0 Å². The third-order valence-electron chi connectivity index (χ3n) is 1.82. The first kappa shape index (κ1) is 6.79. The lowest BCUT2D eigenvalue weighted by Gasteiger charge is -1.99. The van der Waals surface area contributed by atoms with Crippen LogP contribution < -0.4 is 5.56 Å². The topological polar surface area (TPSA) is 37.8 Å². The molecule has 1 aromatic heterocycles. The van der Waals surface area contributed by atoms with Gasteiger partial charge in [0.25, 0.3) is 5.56 Å². The Labute approximate surface area is 68.7 Å². The van der Waals surface area contributed by atoms with E-state index in [1.165, 1.54) is 0 Å². The summed E-state index contributed by atoms with van der Waals surface area (Å²) in [5.41, 5.74) is -0.0648. The number of aromatic amines is 1. The molecule has 1 aliphatic rings. The average molecular weight is 168 g/mol. The molecule has 0 unspecified atom stereocenters. The van der Waals surface area contributed by atoms with Crippen LogP contribution in [0, 0.1) is 4.64 Å². The van der Waals surface area contributed by atoms with Crippen LogP contribution in [0.2, 0.25) is 0 Å². The molecule has 0 aromatic carbocycles. The van der Waals surface area contributed by atoms with Crippen LogP contribution >= 0.6 is 12.2 Å². The third-order valence-corrected chi connectivity index (χ3v) is 2.11. The highest BCUT2D eigenvalue weighted by Gasteiger charge is 2.23. The molecule has 1 aromatic rings. The van der Waals surface area contributed by atoms with Crippen molar-refractivity contribution >= 4 is 12.2 Å². The second-order valence-electron chi connectivity index (χ2n) is 2.73. The fourth-order valence-electron chi connectivity index (χ4n) is 1.08. The Bertz CT molecular complexity index is 375. The monoisotopic (exact) mass is 168 g/mol. The third kappa shape index (κ3) is 1.14. The summed E-state index contributed by atoms with van der Waals surface area (Å²) in [6.07, 6.45) is 5.69. The Morgan fingerprint density at radius 3 is 3.00 bits per heavy atom. The number of rotatable bonds is 1. The van der Waals surface area contributed by atoms with Crippen molar-refractivity contribution in [2.24, 2.45) is 0 Å². The second kappa shape index (κ2) is 2.30. The van der Waals surface area contributed by atoms with Gasteiger partial charge in [-0.3, -0.25) is 4.79 Å². The molecule has 3 nitrogen and oxygen atoms in total. The molecule has 0 radical (unpaired) electrons. The van der Waals surface area contributed by atoms with Crippen LogP contribution in [0.25, 0.3) is 0 Å². The van der Waals surface area contributed by atoms with Gasteiger partial charge in [0.15, 0.2) is 4.64 Å². The molecular formula is C7H8N2OS. The molecule has 1 saturated carbocycles. The quantitative estimate of drug-likeness (QED) is 0.641. The minimum absolute atomic E-state index is 0.0648. The number of nitrogens with zero attached hydrogens (tertiary/aromatic N) is 1. The summed E-state index contributed by atoms with van der Waals surface area (Å²) in [6.45, 7) is 0. The van der Waals surface area contributed by atoms with Crippen LogP contribution in [-0.2, 0) is 0 Å². The molecule has 1 N–H and O–H groups in total. The maximum Gasteiger partial charge on any atom is 0.285 e. The van der Waals surface area contributed by atoms with Gasteiger partial charge in [-0.15, -0.1) is 0 Å². The van der Waals surface area contributed by atoms with Crippen molar-refractivity contribution in [3.05, 3.63) is 27.4 Å². The van der Waals surface area contributed by atoms with Gasteiger partial charge in [-0.2, -0.15) is 0 Å². The first-order chi connectivity index (χ1) is 5.29. The van der Waals surface area contributed by atoms with Gasteiger partial charge in [0.1, 0.15) is 0 Å². The zero-order valence-corrected chi connectivity index (χ0v) is 6.73. The van der Waals surface area contributed by atoms with Crippen LogP contribution in [0.5, 0.6) is 0 Å². The van der Waals surface area contributed by atoms with Gasteiger partial charge >= 0.3 is 0 Å². The van der Waals surface area contributed by atoms with Gasteiger partial charge in [0.05, 0.1) is 0 Å². The predicted molar refractivity (Wildman–Crippen MR) is 44.2 cm³/mol. The fourth-order valence-corrected chi connectivity index (χ4v) is 1.25. The van der Waals surface area contributed by atoms with Crippen LogP contribution in [0.15, 0.2) is 17.2 Å². The second-order valence-corrected chi connectivity index (χ2v) is 3.14. The number of H-pyrrole nitrogens is 1. The molecular weight excluding hydrogens is 160 g/mol. The van der Waals surface area contributed by atoms with Gasteiger partial charge in [-0.1, -0.05) is 12.2 Å². The highest BCUT2D eigenvalue weighted by atomic mass is 32.1. The molecule has 0 amide bonds. The lowest BCUT2D eigenvalue weighted by atomic mass is 10.6. The van der Waals surface area contributed by atoms with Gasteiger partial charge in [0, 0.05) is 18.4 Å². The maximum absolute atomic E-state index is 11.3. The van der Waals surface area contributed by atoms with E-state index in [4.69, 9.17) is 12.2 Å². The lowest BCUT2D eigenvalue weighted by Crippen LogP contribution is -2.19. The molecule has 2 rings (SSSR count). The SMILES string of the molecule is O=c1c(=S)[nH]ccn1C1CC1. The van der Waals surface area contributed by atoms with Crippen LogP contribution in [0.1, 0.15) is 18.9 Å². The van der Waals surface area contributed by atoms with E-state index in [1.807, 2.05) is 0 Å². The summed E-state index contributed by atoms with van der Waals surface area (Å²) in [5, 5.41) is 0. The van der Waals surface area contributed by atoms with Crippen molar-refractivity contribution in [1.82, 2.24) is 9.55 Å². The number of hydrogen-bond donors (Lipinski definition) is 1. The molecule has 0 atom stereocenters. The fraction of sp³-hybridized carbons (Fsp3) is 0.429. The summed E-state index contributed by atoms with van der Waals surface area (Å²) in [5.74, 6) is 0. The van der Waals surface area contributed by atoms with Crippen molar-refractivity contribution in [1.29, 1.82) is 0 Å². The van der Waals surface area contributed by atoms with Gasteiger partial charge in [-0.05, 0) is 12.8 Å². The molecule has 11 heavy (non-hydrogen) atoms. The van der Waals surface area contributed by atoms with Gasteiger partial charge in [0.2, 0.25) is 0 Å². The molecule has 0 saturated heterocycles. The van der Waals surface area contributed by atoms with E-state index in [1.54, 1.807) is 17.0 Å². The molecule has 0 aliphatic heterocycles. The van der Waals surface area contributed by atoms with Crippen LogP contribution in [0.3, 0.4) is 0 Å². The highest BCUT2D eigenvalue weighted by Crippen LogP contribution is 2.32. The van der Waals surface area contributed by atoms with E-state index < -0.39 is 0 Å². The largest absolute Gasteiger partial charge is 0.347 e. The summed E-state index contributed by atoms with van der Waals surface area (Å²) in [7, 11) is 0. The van der Waals surface area contributed by atoms with E-state index in [2.05, 4.69) is 4.98 Å². The molecule has 1 heterocycles. The van der Waals surface area contributed by atoms with Crippen LogP contribution in [0.4, 0.5) is 0 Å². The van der Waals surface area contributed by atoms with Crippen LogP contribution in [-0.4, -0.2) is 9.55 Å². The summed E-state index contributed by atoms with van der Waals surface area (Å²) < 4.78 is 2.01. The smallest absolute Gasteiger partial charge is 0.285 e. The molecule has 4 heteroatoms. The number of nitrogens with one attached hydrogen (secondary N) is 1. The Kier molecular flexibility index (Phi) is 1.42. The molecule has 0 bridgehead atoms. The molecule has 0 spiro atoms. The summed E-state index contributed by atoms with van der Waals surface area (Å²) in [4.78, 5) is 14.0. The predicted octanol–water partition coefficient (Wildman–Crippen LogP) is 1.24. The highest BCUT2D eigenvalue weighted by molar-refractivity contribution is 7.71. The van der Waals surface area contributed by atoms with Crippen molar-refractivity contribution < 1.29 is 0 Å². The summed E-state index contributed by atoms with van der Waals surface area (Å²) >= 11 is 4.80. The van der Waals surface area contributed by atoms with Crippen molar-refractivity contribution in [2.45, 2.75) is 18.9 Å². The van der Waals surface area contributed by atoms with E-state index in [0.717, 1.165) is 12.8 Å². The average Bonchev–Trinajstić information content (AvgIpc) is 2.77. The first-order valence-electron chi connectivity index (χ1n) is 3.59. The lowest BCUT2D eigenvalue weighted by molar-refractivity contribution is 0.695. The molecule has 1 fully saturated rings. The van der Waals surface area contributed by atoms with E-state index in [-0.39, 0.29) is 5.56 Å². The normalized spacial score (nSPS) is 16.7. The maximum atomic E-state index is 11.3. The zero-order chi connectivity index (χ0) is 7.84. The minimum Gasteiger partial charge on any atom is -0.347 e. The Morgan fingerprint density at radius 1 is 1.64 bits per heavy atom. The zero-order valence-electron chi connectivity index (χ0n) is 5.91. The van der Waals surface area contributed by atoms with E-state index >= 15 is 0 Å².